The van der Waals surface area contributed by atoms with Gasteiger partial charge in [0.1, 0.15) is 30.8 Å². The van der Waals surface area contributed by atoms with E-state index in [-0.39, 0.29) is 87.5 Å². The summed E-state index contributed by atoms with van der Waals surface area (Å²) in [5, 5.41) is 42.0. The van der Waals surface area contributed by atoms with E-state index in [4.69, 9.17) is 19.9 Å². The average molecular weight is 1280 g/mol. The number of hydrogen-bond acceptors (Lipinski definition) is 16. The Balaban J connectivity index is 1.31. The molecule has 27 heteroatoms. The second-order valence-electron chi connectivity index (χ2n) is 23.9. The van der Waals surface area contributed by atoms with Crippen molar-refractivity contribution in [1.82, 2.24) is 47.0 Å². The van der Waals surface area contributed by atoms with Crippen LogP contribution in [0.3, 0.4) is 0 Å². The lowest BCUT2D eigenvalue weighted by Crippen LogP contribution is -2.59. The van der Waals surface area contributed by atoms with Crippen LogP contribution in [0.15, 0.2) is 66.7 Å². The maximum atomic E-state index is 14.3. The molecule has 2 aromatic rings. The number of primary amides is 1. The molecule has 12 N–H and O–H groups in total. The number of anilines is 1. The molecule has 1 fully saturated rings. The number of rotatable bonds is 39. The second-order valence-corrected chi connectivity index (χ2v) is 23.9. The summed E-state index contributed by atoms with van der Waals surface area (Å²) in [4.78, 5) is 147. The van der Waals surface area contributed by atoms with Gasteiger partial charge in [-0.05, 0) is 86.0 Å². The molecule has 2 heterocycles. The van der Waals surface area contributed by atoms with Crippen LogP contribution in [0.1, 0.15) is 124 Å². The van der Waals surface area contributed by atoms with Gasteiger partial charge < -0.3 is 77.6 Å². The van der Waals surface area contributed by atoms with E-state index >= 15 is 0 Å². The lowest BCUT2D eigenvalue weighted by Gasteiger charge is -2.37. The molecule has 1 saturated heterocycles. The maximum Gasteiger partial charge on any atom is 0.408 e. The molecule has 0 unspecified atom stereocenters. The van der Waals surface area contributed by atoms with E-state index in [1.54, 1.807) is 51.7 Å². The number of carbonyl (C=O) groups excluding carboxylic acids is 11. The number of likely N-dealkylation sites (tertiary alicyclic amines) is 1. The van der Waals surface area contributed by atoms with Gasteiger partial charge in [0, 0.05) is 58.1 Å². The van der Waals surface area contributed by atoms with Crippen molar-refractivity contribution in [3.8, 4) is 0 Å². The Labute approximate surface area is 533 Å². The molecule has 504 valence electrons. The molecule has 4 rings (SSSR count). The van der Waals surface area contributed by atoms with Crippen molar-refractivity contribution in [2.75, 3.05) is 52.4 Å². The van der Waals surface area contributed by atoms with Gasteiger partial charge in [-0.15, -0.1) is 0 Å². The standard InChI is InChI=1S/C64H97N11O16/c1-10-40(6)56(49(89-8)34-53(81)74-32-18-22-48(74)57(90-9)41(7)58(82)68-45(35-76)33-42-19-13-11-14-20-42)73-62(86)55(39(4)5)72-60(84)47(36-77)70-64(88)91-37-43-24-26-44(27-25-43)67-59(83)46(21-17-30-66-63(65)87)69-61(85)54(38(2)3)71-50(78)23-15-12-16-31-75-51(79)28-29-52(75)80/h11,13-14,19-20,24-29,38-41,45-49,54-57,76-77H,10,12,15-18,21-23,30-37H2,1-9H3,(H,67,83)(H,68,82)(H,69,85)(H,70,88)(H,71,78)(H,72,84)(H,73,86)(H3,65,66,87)/t40-,41+,45-,46-,47-,48-,49+,54-,55-,56-,57+/m0/s1. The Morgan fingerprint density at radius 3 is 1.92 bits per heavy atom. The number of alkyl carbamates (subject to hydrolysis) is 1. The van der Waals surface area contributed by atoms with Crippen molar-refractivity contribution in [3.05, 3.63) is 77.9 Å². The predicted molar refractivity (Wildman–Crippen MR) is 337 cm³/mol. The number of aliphatic hydroxyl groups excluding tert-OH is 2. The number of methoxy groups -OCH3 is 2. The Morgan fingerprint density at radius 1 is 0.681 bits per heavy atom. The van der Waals surface area contributed by atoms with E-state index in [0.717, 1.165) is 10.5 Å². The van der Waals surface area contributed by atoms with Crippen LogP contribution in [0, 0.1) is 23.7 Å². The lowest BCUT2D eigenvalue weighted by molar-refractivity contribution is -0.143. The molecule has 0 aromatic heterocycles. The number of urea groups is 1. The monoisotopic (exact) mass is 1280 g/mol. The van der Waals surface area contributed by atoms with Gasteiger partial charge >= 0.3 is 12.1 Å². The first kappa shape index (κ1) is 75.4. The fraction of sp³-hybridized carbons (Fsp3) is 0.609. The van der Waals surface area contributed by atoms with Crippen LogP contribution in [0.4, 0.5) is 15.3 Å². The molecule has 11 atom stereocenters. The fourth-order valence-corrected chi connectivity index (χ4v) is 10.9. The van der Waals surface area contributed by atoms with Gasteiger partial charge in [0.05, 0.1) is 55.9 Å². The Bertz CT molecular complexity index is 2750. The molecule has 12 amide bonds. The molecule has 2 aromatic carbocycles. The van der Waals surface area contributed by atoms with E-state index in [1.807, 2.05) is 44.2 Å². The molecule has 0 saturated carbocycles. The summed E-state index contributed by atoms with van der Waals surface area (Å²) < 4.78 is 17.2. The summed E-state index contributed by atoms with van der Waals surface area (Å²) in [7, 11) is 2.94. The summed E-state index contributed by atoms with van der Waals surface area (Å²) >= 11 is 0. The summed E-state index contributed by atoms with van der Waals surface area (Å²) in [5.41, 5.74) is 6.92. The number of ether oxygens (including phenoxy) is 3. The first-order valence-electron chi connectivity index (χ1n) is 31.4. The van der Waals surface area contributed by atoms with Crippen molar-refractivity contribution in [2.45, 2.75) is 180 Å². The Kier molecular flexibility index (Phi) is 32.0. The van der Waals surface area contributed by atoms with Crippen LogP contribution in [-0.4, -0.2) is 187 Å². The van der Waals surface area contributed by atoms with Gasteiger partial charge in [-0.25, -0.2) is 9.59 Å². The van der Waals surface area contributed by atoms with E-state index < -0.39 is 115 Å². The third-order valence-electron chi connectivity index (χ3n) is 16.4. The van der Waals surface area contributed by atoms with Crippen LogP contribution >= 0.6 is 0 Å². The van der Waals surface area contributed by atoms with Gasteiger partial charge in [-0.1, -0.05) is 104 Å². The highest BCUT2D eigenvalue weighted by molar-refractivity contribution is 6.12. The maximum absolute atomic E-state index is 14.3. The highest BCUT2D eigenvalue weighted by Crippen LogP contribution is 2.29. The van der Waals surface area contributed by atoms with Crippen molar-refractivity contribution in [2.24, 2.45) is 29.4 Å². The molecule has 0 spiro atoms. The summed E-state index contributed by atoms with van der Waals surface area (Å²) in [5.74, 6) is -6.27. The Hall–Kier alpha value is -8.01. The minimum absolute atomic E-state index is 0.0674. The van der Waals surface area contributed by atoms with Gasteiger partial charge in [0.2, 0.25) is 41.4 Å². The summed E-state index contributed by atoms with van der Waals surface area (Å²) in [6, 6.07) is 8.29. The minimum atomic E-state index is -1.55. The number of hydrogen-bond donors (Lipinski definition) is 11. The van der Waals surface area contributed by atoms with Gasteiger partial charge in [-0.2, -0.15) is 0 Å². The topological polar surface area (TPSA) is 385 Å². The second kappa shape index (κ2) is 38.6. The number of imide groups is 1. The van der Waals surface area contributed by atoms with E-state index in [2.05, 4.69) is 42.5 Å². The minimum Gasteiger partial charge on any atom is -0.445 e. The van der Waals surface area contributed by atoms with Crippen LogP contribution < -0.4 is 48.3 Å². The third kappa shape index (κ3) is 24.3. The number of aliphatic hydroxyl groups is 2. The molecular weight excluding hydrogens is 1180 g/mol. The van der Waals surface area contributed by atoms with E-state index in [9.17, 15) is 63.0 Å². The van der Waals surface area contributed by atoms with Crippen LogP contribution in [-0.2, 0) is 70.4 Å². The largest absolute Gasteiger partial charge is 0.445 e. The normalized spacial score (nSPS) is 17.1. The van der Waals surface area contributed by atoms with Crippen molar-refractivity contribution in [1.29, 1.82) is 0 Å². The molecule has 0 radical (unpaired) electrons. The Morgan fingerprint density at radius 2 is 1.33 bits per heavy atom. The number of nitrogens with one attached hydrogen (secondary N) is 8. The van der Waals surface area contributed by atoms with Crippen molar-refractivity contribution in [3.63, 3.8) is 0 Å². The number of amides is 12. The fourth-order valence-electron chi connectivity index (χ4n) is 10.9. The average Bonchev–Trinajstić information content (AvgIpc) is 1.86. The van der Waals surface area contributed by atoms with Crippen molar-refractivity contribution < 1.29 is 77.2 Å². The lowest BCUT2D eigenvalue weighted by atomic mass is 9.90. The zero-order valence-electron chi connectivity index (χ0n) is 54.0. The van der Waals surface area contributed by atoms with Gasteiger partial charge in [0.25, 0.3) is 11.8 Å². The quantitative estimate of drug-likeness (QED) is 0.0338. The number of nitrogens with zero attached hydrogens (tertiary/aromatic N) is 2. The molecule has 2 aliphatic rings. The zero-order valence-corrected chi connectivity index (χ0v) is 54.0. The summed E-state index contributed by atoms with van der Waals surface area (Å²) in [6.45, 7) is 11.7. The summed E-state index contributed by atoms with van der Waals surface area (Å²) in [6.07, 6.45) is 3.82. The first-order valence-corrected chi connectivity index (χ1v) is 31.4. The van der Waals surface area contributed by atoms with E-state index in [1.165, 1.54) is 38.5 Å². The predicted octanol–water partition coefficient (Wildman–Crippen LogP) is 2.21. The van der Waals surface area contributed by atoms with Crippen LogP contribution in [0.25, 0.3) is 0 Å². The molecule has 0 aliphatic carbocycles. The smallest absolute Gasteiger partial charge is 0.408 e. The molecular formula is C64H97N11O16. The first-order chi connectivity index (χ1) is 43.3. The SMILES string of the molecule is CC[C@H](C)[C@H](NC(=O)[C@@H](NC(=O)[C@H](CO)NC(=O)OCc1ccc(NC(=O)[C@H](CCCNC(N)=O)NC(=O)[C@@H](NC(=O)CCCCCN2C(=O)C=CC2=O)C(C)C)cc1)C(C)C)[C@@H](CC(=O)N1CCC[C@H]1[C@H](OC)[C@@H](C)C(=O)N[C@H](CO)Cc1ccccc1)OC. The third-order valence-corrected chi connectivity index (χ3v) is 16.4. The number of carbonyl (C=O) groups is 11. The molecule has 2 aliphatic heterocycles. The van der Waals surface area contributed by atoms with E-state index in [0.29, 0.717) is 62.7 Å². The van der Waals surface area contributed by atoms with Crippen LogP contribution in [0.2, 0.25) is 0 Å². The number of nitrogens with two attached hydrogens (primary N) is 1. The highest BCUT2D eigenvalue weighted by Gasteiger charge is 2.42. The van der Waals surface area contributed by atoms with Crippen LogP contribution in [0.5, 0.6) is 0 Å². The number of benzene rings is 2. The van der Waals surface area contributed by atoms with Gasteiger partial charge in [0.15, 0.2) is 0 Å². The number of unbranched alkanes of at least 4 members (excludes halogenated alkanes) is 2. The zero-order chi connectivity index (χ0) is 67.3. The highest BCUT2D eigenvalue weighted by atomic mass is 16.5. The molecule has 27 nitrogen and oxygen atoms in total. The van der Waals surface area contributed by atoms with Crippen molar-refractivity contribution >= 4 is 71.0 Å². The molecule has 91 heavy (non-hydrogen) atoms. The van der Waals surface area contributed by atoms with Gasteiger partial charge in [-0.3, -0.25) is 48.1 Å². The molecule has 0 bridgehead atoms.